The van der Waals surface area contributed by atoms with Crippen molar-refractivity contribution in [1.82, 2.24) is 19.7 Å². The number of hydrogen-bond donors (Lipinski definition) is 1. The van der Waals surface area contributed by atoms with Crippen molar-refractivity contribution in [2.24, 2.45) is 12.0 Å². The zero-order valence-electron chi connectivity index (χ0n) is 27.1. The van der Waals surface area contributed by atoms with E-state index >= 15 is 0 Å². The molecule has 1 saturated heterocycles. The summed E-state index contributed by atoms with van der Waals surface area (Å²) >= 11 is 0. The van der Waals surface area contributed by atoms with Crippen molar-refractivity contribution in [3.8, 4) is 22.6 Å². The van der Waals surface area contributed by atoms with Crippen LogP contribution in [0.1, 0.15) is 61.6 Å². The first-order chi connectivity index (χ1) is 22.6. The number of carbonyl (C=O) groups excluding carboxylic acids is 5. The van der Waals surface area contributed by atoms with E-state index in [1.54, 1.807) is 38.2 Å². The molecule has 0 spiro atoms. The van der Waals surface area contributed by atoms with Crippen molar-refractivity contribution in [1.29, 1.82) is 0 Å². The summed E-state index contributed by atoms with van der Waals surface area (Å²) in [6.07, 6.45) is 6.00. The number of carbonyl (C=O) groups is 5. The average Bonchev–Trinajstić information content (AvgIpc) is 3.55. The number of ketones is 2. The number of methoxy groups -OCH3 is 2. The van der Waals surface area contributed by atoms with Gasteiger partial charge in [-0.25, -0.2) is 0 Å². The number of amides is 3. The van der Waals surface area contributed by atoms with E-state index in [2.05, 4.69) is 10.3 Å². The second-order valence-electron chi connectivity index (χ2n) is 12.1. The van der Waals surface area contributed by atoms with E-state index in [4.69, 9.17) is 9.47 Å². The molecule has 1 aromatic heterocycles. The Hall–Kier alpha value is -4.81. The van der Waals surface area contributed by atoms with Gasteiger partial charge in [-0.3, -0.25) is 33.8 Å². The highest BCUT2D eigenvalue weighted by atomic mass is 16.5. The number of rotatable bonds is 12. The summed E-state index contributed by atoms with van der Waals surface area (Å²) < 4.78 is 13.0. The van der Waals surface area contributed by atoms with Crippen LogP contribution in [0.2, 0.25) is 0 Å². The first kappa shape index (κ1) is 33.6. The van der Waals surface area contributed by atoms with Gasteiger partial charge in [0.1, 0.15) is 17.3 Å². The zero-order valence-corrected chi connectivity index (χ0v) is 27.1. The molecule has 0 radical (unpaired) electrons. The molecule has 2 aliphatic heterocycles. The largest absolute Gasteiger partial charge is 0.496 e. The number of aryl methyl sites for hydroxylation is 1. The fourth-order valence-electron chi connectivity index (χ4n) is 6.51. The van der Waals surface area contributed by atoms with Crippen LogP contribution in [0.15, 0.2) is 28.1 Å². The van der Waals surface area contributed by atoms with E-state index in [0.29, 0.717) is 68.8 Å². The average molecular weight is 648 g/mol. The fourth-order valence-corrected chi connectivity index (χ4v) is 6.51. The third-order valence-corrected chi connectivity index (χ3v) is 9.05. The van der Waals surface area contributed by atoms with Crippen LogP contribution in [0, 0.1) is 0 Å². The molecule has 3 aliphatic rings. The van der Waals surface area contributed by atoms with E-state index < -0.39 is 6.04 Å². The Bertz CT molecular complexity index is 1650. The fraction of sp³-hybridized carbons (Fsp3) is 0.500. The van der Waals surface area contributed by atoms with Crippen molar-refractivity contribution in [2.75, 3.05) is 40.4 Å². The van der Waals surface area contributed by atoms with E-state index in [9.17, 15) is 28.8 Å². The predicted octanol–water partition coefficient (Wildman–Crippen LogP) is 1.58. The number of pyridine rings is 1. The van der Waals surface area contributed by atoms with Crippen LogP contribution in [0.3, 0.4) is 0 Å². The minimum absolute atomic E-state index is 0.0675. The Labute approximate surface area is 272 Å². The summed E-state index contributed by atoms with van der Waals surface area (Å²) in [6.45, 7) is 1.21. The molecule has 13 nitrogen and oxygen atoms in total. The number of aromatic nitrogens is 1. The molecule has 1 aromatic carbocycles. The maximum absolute atomic E-state index is 12.7. The van der Waals surface area contributed by atoms with Crippen LogP contribution in [-0.2, 0) is 44.0 Å². The van der Waals surface area contributed by atoms with Crippen LogP contribution < -0.4 is 20.3 Å². The normalized spacial score (nSPS) is 17.6. The van der Waals surface area contributed by atoms with E-state index in [1.165, 1.54) is 9.80 Å². The molecule has 5 rings (SSSR count). The van der Waals surface area contributed by atoms with Crippen LogP contribution in [-0.4, -0.2) is 96.3 Å². The summed E-state index contributed by atoms with van der Waals surface area (Å²) in [6, 6.07) is 3.25. The molecule has 13 heteroatoms. The predicted molar refractivity (Wildman–Crippen MR) is 173 cm³/mol. The van der Waals surface area contributed by atoms with Crippen LogP contribution in [0.25, 0.3) is 11.1 Å². The van der Waals surface area contributed by atoms with Crippen molar-refractivity contribution in [3.05, 3.63) is 45.4 Å². The molecular weight excluding hydrogens is 606 g/mol. The molecule has 1 atom stereocenters. The number of aliphatic imine (C=N–C) groups is 1. The molecule has 250 valence electrons. The number of ether oxygens (including phenoxy) is 2. The Kier molecular flexibility index (Phi) is 10.5. The number of fused-ring (bicyclic) bond motifs is 1. The van der Waals surface area contributed by atoms with Crippen molar-refractivity contribution < 1.29 is 33.4 Å². The van der Waals surface area contributed by atoms with Gasteiger partial charge in [0, 0.05) is 80.6 Å². The number of Topliss-reactive ketones (excluding diaryl/α,β-unsaturated/α-hetero) is 2. The molecular formula is C34H41N5O8. The smallest absolute Gasteiger partial charge is 0.256 e. The highest BCUT2D eigenvalue weighted by Gasteiger charge is 2.37. The zero-order chi connectivity index (χ0) is 33.7. The van der Waals surface area contributed by atoms with Gasteiger partial charge in [-0.15, -0.1) is 0 Å². The third kappa shape index (κ3) is 7.44. The standard InChI is InChI=1S/C34H41N5O8/c1-37-19-26(24-17-35-18-25(24)34(37)45)21-14-29(46-2)23(30(15-21)47-3)6-4-7-31(42)36-11-5-8-32(43)38-12-13-39(33(44)20-38)27-10-9-22(40)16-28(27)41/h14-15,17,19,27H,4-13,16,18,20H2,1-3H3,(H,36,42). The molecule has 3 heterocycles. The minimum atomic E-state index is -0.572. The molecule has 3 amide bonds. The minimum Gasteiger partial charge on any atom is -0.496 e. The SMILES string of the molecule is COc1cc(-c2cn(C)c(=O)c3c2C=NC3)cc(OC)c1CCCC(=O)NCCCC(=O)N1CCN(C2CCC(=O)CC2=O)C(=O)C1. The first-order valence-electron chi connectivity index (χ1n) is 16.0. The van der Waals surface area contributed by atoms with Gasteiger partial charge in [0.25, 0.3) is 5.56 Å². The van der Waals surface area contributed by atoms with E-state index in [1.807, 2.05) is 12.1 Å². The molecule has 1 N–H and O–H groups in total. The molecule has 47 heavy (non-hydrogen) atoms. The Balaban J connectivity index is 1.07. The van der Waals surface area contributed by atoms with E-state index in [-0.39, 0.29) is 67.2 Å². The maximum Gasteiger partial charge on any atom is 0.256 e. The summed E-state index contributed by atoms with van der Waals surface area (Å²) in [4.78, 5) is 81.6. The monoisotopic (exact) mass is 647 g/mol. The summed E-state index contributed by atoms with van der Waals surface area (Å²) in [5, 5.41) is 2.86. The highest BCUT2D eigenvalue weighted by Crippen LogP contribution is 2.37. The Morgan fingerprint density at radius 3 is 2.45 bits per heavy atom. The number of hydrogen-bond acceptors (Lipinski definition) is 9. The Morgan fingerprint density at radius 2 is 1.77 bits per heavy atom. The number of piperazine rings is 1. The van der Waals surface area contributed by atoms with Gasteiger partial charge >= 0.3 is 0 Å². The molecule has 2 fully saturated rings. The van der Waals surface area contributed by atoms with Gasteiger partial charge in [0.15, 0.2) is 5.78 Å². The van der Waals surface area contributed by atoms with Crippen molar-refractivity contribution in [3.63, 3.8) is 0 Å². The van der Waals surface area contributed by atoms with Crippen molar-refractivity contribution >= 4 is 35.5 Å². The van der Waals surface area contributed by atoms with Gasteiger partial charge in [0.2, 0.25) is 17.7 Å². The Morgan fingerprint density at radius 1 is 1.02 bits per heavy atom. The summed E-state index contributed by atoms with van der Waals surface area (Å²) in [5.74, 6) is 0.341. The van der Waals surface area contributed by atoms with Gasteiger partial charge in [0.05, 0.1) is 39.8 Å². The lowest BCUT2D eigenvalue weighted by molar-refractivity contribution is -0.151. The lowest BCUT2D eigenvalue weighted by atomic mass is 9.91. The van der Waals surface area contributed by atoms with Crippen molar-refractivity contribution in [2.45, 2.75) is 64.0 Å². The maximum atomic E-state index is 12.7. The van der Waals surface area contributed by atoms with E-state index in [0.717, 1.165) is 22.3 Å². The quantitative estimate of drug-likeness (QED) is 0.269. The molecule has 1 saturated carbocycles. The van der Waals surface area contributed by atoms with Gasteiger partial charge < -0.3 is 29.2 Å². The lowest BCUT2D eigenvalue weighted by Crippen LogP contribution is -2.58. The summed E-state index contributed by atoms with van der Waals surface area (Å²) in [5.41, 5.74) is 3.91. The third-order valence-electron chi connectivity index (χ3n) is 9.05. The first-order valence-corrected chi connectivity index (χ1v) is 16.0. The topological polar surface area (TPSA) is 157 Å². The second kappa shape index (κ2) is 14.7. The summed E-state index contributed by atoms with van der Waals surface area (Å²) in [7, 11) is 4.88. The number of nitrogens with one attached hydrogen (secondary N) is 1. The van der Waals surface area contributed by atoms with Gasteiger partial charge in [-0.05, 0) is 43.4 Å². The van der Waals surface area contributed by atoms with Gasteiger partial charge in [-0.2, -0.15) is 0 Å². The highest BCUT2D eigenvalue weighted by molar-refractivity contribution is 6.05. The lowest BCUT2D eigenvalue weighted by Gasteiger charge is -2.39. The molecule has 1 unspecified atom stereocenters. The number of benzene rings is 1. The molecule has 1 aliphatic carbocycles. The van der Waals surface area contributed by atoms with Crippen LogP contribution in [0.4, 0.5) is 0 Å². The number of nitrogens with zero attached hydrogens (tertiary/aromatic N) is 4. The molecule has 2 aromatic rings. The second-order valence-corrected chi connectivity index (χ2v) is 12.1. The molecule has 0 bridgehead atoms. The van der Waals surface area contributed by atoms with Crippen LogP contribution >= 0.6 is 0 Å². The van der Waals surface area contributed by atoms with Crippen LogP contribution in [0.5, 0.6) is 11.5 Å². The van der Waals surface area contributed by atoms with Gasteiger partial charge in [-0.1, -0.05) is 0 Å².